The third-order valence-electron chi connectivity index (χ3n) is 4.06. The first-order chi connectivity index (χ1) is 12.7. The van der Waals surface area contributed by atoms with Crippen LogP contribution in [-0.2, 0) is 11.2 Å². The molecule has 27 heavy (non-hydrogen) atoms. The summed E-state index contributed by atoms with van der Waals surface area (Å²) in [6.07, 6.45) is -3.97. The number of para-hydroxylation sites is 1. The predicted molar refractivity (Wildman–Crippen MR) is 94.2 cm³/mol. The highest BCUT2D eigenvalue weighted by atomic mass is 35.5. The van der Waals surface area contributed by atoms with E-state index < -0.39 is 30.0 Å². The Hall–Kier alpha value is -2.51. The third-order valence-corrected chi connectivity index (χ3v) is 4.29. The largest absolute Gasteiger partial charge is 0.460 e. The third kappa shape index (κ3) is 4.09. The number of hydrogen-bond donors (Lipinski definition) is 2. The molecule has 0 saturated heterocycles. The molecule has 2 N–H and O–H groups in total. The molecule has 0 aromatic heterocycles. The van der Waals surface area contributed by atoms with Crippen LogP contribution in [0.4, 0.5) is 13.2 Å². The molecule has 2 aromatic rings. The van der Waals surface area contributed by atoms with Gasteiger partial charge in [-0.05, 0) is 29.8 Å². The number of alkyl halides is 3. The van der Waals surface area contributed by atoms with Gasteiger partial charge in [-0.1, -0.05) is 41.9 Å². The van der Waals surface area contributed by atoms with Crippen LogP contribution in [0.15, 0.2) is 54.1 Å². The fourth-order valence-corrected chi connectivity index (χ4v) is 2.92. The van der Waals surface area contributed by atoms with Crippen molar-refractivity contribution in [3.8, 4) is 5.75 Å². The number of rotatable bonds is 4. The van der Waals surface area contributed by atoms with E-state index >= 15 is 0 Å². The molecule has 3 rings (SSSR count). The van der Waals surface area contributed by atoms with Crippen LogP contribution in [0.2, 0.25) is 5.02 Å². The van der Waals surface area contributed by atoms with Crippen LogP contribution in [0.3, 0.4) is 0 Å². The highest BCUT2D eigenvalue weighted by Gasteiger charge is 2.60. The fourth-order valence-electron chi connectivity index (χ4n) is 2.70. The lowest BCUT2D eigenvalue weighted by atomic mass is 9.98. The Kier molecular flexibility index (Phi) is 5.17. The number of ether oxygens (including phenoxy) is 1. The molecule has 1 amide bonds. The first-order valence-corrected chi connectivity index (χ1v) is 8.36. The van der Waals surface area contributed by atoms with Crippen molar-refractivity contribution in [3.63, 3.8) is 0 Å². The molecule has 4 nitrogen and oxygen atoms in total. The average Bonchev–Trinajstić information content (AvgIpc) is 2.59. The van der Waals surface area contributed by atoms with E-state index in [0.29, 0.717) is 16.1 Å². The van der Waals surface area contributed by atoms with Gasteiger partial charge in [0, 0.05) is 22.7 Å². The van der Waals surface area contributed by atoms with E-state index in [4.69, 9.17) is 16.3 Å². The smallest absolute Gasteiger partial charge is 0.449 e. The van der Waals surface area contributed by atoms with Crippen LogP contribution in [0.25, 0.3) is 6.08 Å². The normalized spacial score (nSPS) is 18.9. The minimum atomic E-state index is -5.08. The van der Waals surface area contributed by atoms with Crippen LogP contribution in [0, 0.1) is 0 Å². The molecule has 0 saturated carbocycles. The highest BCUT2D eigenvalue weighted by Crippen LogP contribution is 2.43. The monoisotopic (exact) mass is 397 g/mol. The van der Waals surface area contributed by atoms with Gasteiger partial charge in [-0.15, -0.1) is 0 Å². The van der Waals surface area contributed by atoms with Crippen LogP contribution < -0.4 is 10.1 Å². The zero-order valence-electron chi connectivity index (χ0n) is 13.9. The van der Waals surface area contributed by atoms with E-state index in [0.717, 1.165) is 0 Å². The number of aliphatic hydroxyl groups is 1. The number of carbonyl (C=O) groups excluding carboxylic acids is 1. The highest BCUT2D eigenvalue weighted by molar-refractivity contribution is 6.30. The molecule has 0 spiro atoms. The maximum atomic E-state index is 13.4. The van der Waals surface area contributed by atoms with Gasteiger partial charge in [-0.25, -0.2) is 0 Å². The lowest BCUT2D eigenvalue weighted by molar-refractivity contribution is -0.317. The summed E-state index contributed by atoms with van der Waals surface area (Å²) < 4.78 is 45.2. The SMILES string of the molecule is O=C(Cc1cccc(Cl)c1)NCC1=Cc2ccccc2OC1(O)C(F)(F)F. The zero-order chi connectivity index (χ0) is 19.7. The Labute approximate surface area is 158 Å². The van der Waals surface area contributed by atoms with E-state index in [2.05, 4.69) is 5.32 Å². The molecule has 0 bridgehead atoms. The van der Waals surface area contributed by atoms with Crippen LogP contribution in [-0.4, -0.2) is 29.5 Å². The van der Waals surface area contributed by atoms with Crippen molar-refractivity contribution in [2.45, 2.75) is 18.4 Å². The maximum Gasteiger partial charge on any atom is 0.460 e. The molecular weight excluding hydrogens is 383 g/mol. The average molecular weight is 398 g/mol. The molecular formula is C19H15ClF3NO3. The second kappa shape index (κ2) is 7.25. The molecule has 8 heteroatoms. The Bertz CT molecular complexity index is 898. The van der Waals surface area contributed by atoms with Crippen molar-refractivity contribution in [2.75, 3.05) is 6.54 Å². The standard InChI is InChI=1S/C19H15ClF3NO3/c20-15-6-3-4-12(8-15)9-17(25)24-11-14-10-13-5-1-2-7-16(13)27-18(14,26)19(21,22)23/h1-8,10,26H,9,11H2,(H,24,25). The minimum absolute atomic E-state index is 0.0598. The fraction of sp³-hybridized carbons (Fsp3) is 0.211. The van der Waals surface area contributed by atoms with Gasteiger partial charge < -0.3 is 15.2 Å². The quantitative estimate of drug-likeness (QED) is 0.826. The lowest BCUT2D eigenvalue weighted by Gasteiger charge is -2.36. The van der Waals surface area contributed by atoms with E-state index in [1.165, 1.54) is 18.2 Å². The van der Waals surface area contributed by atoms with Crippen LogP contribution >= 0.6 is 11.6 Å². The Morgan fingerprint density at radius 2 is 1.93 bits per heavy atom. The minimum Gasteiger partial charge on any atom is -0.449 e. The molecule has 1 heterocycles. The predicted octanol–water partition coefficient (Wildman–Crippen LogP) is 3.73. The number of benzene rings is 2. The molecule has 0 fully saturated rings. The molecule has 1 atom stereocenters. The van der Waals surface area contributed by atoms with Crippen molar-refractivity contribution in [2.24, 2.45) is 0 Å². The summed E-state index contributed by atoms with van der Waals surface area (Å²) in [5.74, 6) is -4.11. The molecule has 0 radical (unpaired) electrons. The number of hydrogen-bond acceptors (Lipinski definition) is 3. The van der Waals surface area contributed by atoms with Gasteiger partial charge in [0.25, 0.3) is 0 Å². The van der Waals surface area contributed by atoms with Crippen molar-refractivity contribution in [1.29, 1.82) is 0 Å². The number of halogens is 4. The van der Waals surface area contributed by atoms with Crippen LogP contribution in [0.1, 0.15) is 11.1 Å². The lowest BCUT2D eigenvalue weighted by Crippen LogP contribution is -2.55. The number of amides is 1. The van der Waals surface area contributed by atoms with E-state index in [1.807, 2.05) is 0 Å². The van der Waals surface area contributed by atoms with Crippen LogP contribution in [0.5, 0.6) is 5.75 Å². The van der Waals surface area contributed by atoms with Crippen molar-refractivity contribution < 1.29 is 27.8 Å². The summed E-state index contributed by atoms with van der Waals surface area (Å²) in [6.45, 7) is -0.524. The topological polar surface area (TPSA) is 58.6 Å². The first-order valence-electron chi connectivity index (χ1n) is 7.98. The molecule has 142 valence electrons. The summed E-state index contributed by atoms with van der Waals surface area (Å²) in [7, 11) is 0. The maximum absolute atomic E-state index is 13.4. The number of fused-ring (bicyclic) bond motifs is 1. The molecule has 1 aliphatic rings. The summed E-state index contributed by atoms with van der Waals surface area (Å²) in [5, 5.41) is 13.0. The molecule has 0 aliphatic carbocycles. The zero-order valence-corrected chi connectivity index (χ0v) is 14.6. The molecule has 2 aromatic carbocycles. The van der Waals surface area contributed by atoms with E-state index in [1.54, 1.807) is 36.4 Å². The molecule has 1 unspecified atom stereocenters. The van der Waals surface area contributed by atoms with Gasteiger partial charge >= 0.3 is 12.0 Å². The van der Waals surface area contributed by atoms with Gasteiger partial charge in [-0.2, -0.15) is 13.2 Å². The first kappa shape index (κ1) is 19.3. The summed E-state index contributed by atoms with van der Waals surface area (Å²) in [4.78, 5) is 12.1. The van der Waals surface area contributed by atoms with E-state index in [-0.39, 0.29) is 12.2 Å². The van der Waals surface area contributed by atoms with Gasteiger partial charge in [0.05, 0.1) is 6.42 Å². The van der Waals surface area contributed by atoms with Crippen molar-refractivity contribution in [1.82, 2.24) is 5.32 Å². The summed E-state index contributed by atoms with van der Waals surface area (Å²) >= 11 is 5.85. The van der Waals surface area contributed by atoms with Gasteiger partial charge in [-0.3, -0.25) is 4.79 Å². The number of nitrogens with one attached hydrogen (secondary N) is 1. The number of carbonyl (C=O) groups is 1. The second-order valence-electron chi connectivity index (χ2n) is 6.03. The summed E-state index contributed by atoms with van der Waals surface area (Å²) in [5.41, 5.74) is 0.490. The molecule has 1 aliphatic heterocycles. The van der Waals surface area contributed by atoms with Gasteiger partial charge in [0.2, 0.25) is 5.91 Å². The van der Waals surface area contributed by atoms with Gasteiger partial charge in [0.15, 0.2) is 0 Å². The van der Waals surface area contributed by atoms with Crippen molar-refractivity contribution >= 4 is 23.6 Å². The summed E-state index contributed by atoms with van der Waals surface area (Å²) in [6, 6.07) is 12.6. The Morgan fingerprint density at radius 3 is 2.63 bits per heavy atom. The Balaban J connectivity index is 1.78. The van der Waals surface area contributed by atoms with Gasteiger partial charge in [0.1, 0.15) is 5.75 Å². The second-order valence-corrected chi connectivity index (χ2v) is 6.47. The van der Waals surface area contributed by atoms with Crippen molar-refractivity contribution in [3.05, 3.63) is 70.3 Å². The Morgan fingerprint density at radius 1 is 1.19 bits per heavy atom. The van der Waals surface area contributed by atoms with E-state index in [9.17, 15) is 23.1 Å².